The topological polar surface area (TPSA) is 67.8 Å². The molecule has 0 aliphatic heterocycles. The van der Waals surface area contributed by atoms with Crippen molar-refractivity contribution in [3.8, 4) is 5.75 Å². The molecule has 0 aliphatic rings. The Bertz CT molecular complexity index is 714. The molecule has 0 saturated heterocycles. The zero-order valence-corrected chi connectivity index (χ0v) is 19.4. The van der Waals surface area contributed by atoms with Gasteiger partial charge in [-0.1, -0.05) is 35.9 Å². The molecule has 0 bridgehead atoms. The first-order chi connectivity index (χ1) is 13.2. The third-order valence-electron chi connectivity index (χ3n) is 3.79. The van der Waals surface area contributed by atoms with Crippen molar-refractivity contribution in [1.82, 2.24) is 15.6 Å². The number of benzene rings is 1. The normalized spacial score (nSPS) is 10.9. The van der Waals surface area contributed by atoms with Gasteiger partial charge in [0.2, 0.25) is 0 Å². The number of nitrogens with one attached hydrogen (secondary N) is 2. The fraction of sp³-hybridized carbons (Fsp3) is 0.400. The van der Waals surface area contributed by atoms with E-state index in [9.17, 15) is 0 Å². The number of rotatable bonds is 10. The minimum absolute atomic E-state index is 0. The smallest absolute Gasteiger partial charge is 0.191 e. The van der Waals surface area contributed by atoms with E-state index in [1.807, 2.05) is 37.3 Å². The average Bonchev–Trinajstić information content (AvgIpc) is 2.69. The monoisotopic (exact) mass is 518 g/mol. The van der Waals surface area contributed by atoms with E-state index in [0.717, 1.165) is 42.3 Å². The molecule has 0 radical (unpaired) electrons. The zero-order valence-electron chi connectivity index (χ0n) is 16.3. The van der Waals surface area contributed by atoms with E-state index < -0.39 is 0 Å². The van der Waals surface area contributed by atoms with Crippen molar-refractivity contribution in [2.24, 2.45) is 4.99 Å². The molecule has 1 aromatic carbocycles. The molecule has 0 atom stereocenters. The highest BCUT2D eigenvalue weighted by Crippen LogP contribution is 2.17. The van der Waals surface area contributed by atoms with Crippen molar-refractivity contribution in [1.29, 1.82) is 0 Å². The number of aliphatic imine (C=N–C) groups is 1. The van der Waals surface area contributed by atoms with Crippen LogP contribution in [0.5, 0.6) is 5.75 Å². The number of hydrogen-bond acceptors (Lipinski definition) is 4. The predicted molar refractivity (Wildman–Crippen MR) is 125 cm³/mol. The minimum Gasteiger partial charge on any atom is -0.496 e. The van der Waals surface area contributed by atoms with Crippen LogP contribution in [0.4, 0.5) is 0 Å². The number of halogens is 2. The Kier molecular flexibility index (Phi) is 12.6. The van der Waals surface area contributed by atoms with E-state index in [1.165, 1.54) is 0 Å². The maximum Gasteiger partial charge on any atom is 0.191 e. The van der Waals surface area contributed by atoms with Crippen LogP contribution in [0, 0.1) is 0 Å². The van der Waals surface area contributed by atoms with Gasteiger partial charge in [0.05, 0.1) is 26.9 Å². The average molecular weight is 519 g/mol. The number of hydrogen-bond donors (Lipinski definition) is 2. The summed E-state index contributed by atoms with van der Waals surface area (Å²) in [6, 6.07) is 11.6. The van der Waals surface area contributed by atoms with Crippen LogP contribution in [0.3, 0.4) is 0 Å². The van der Waals surface area contributed by atoms with Gasteiger partial charge in [0, 0.05) is 24.8 Å². The molecular weight excluding hydrogens is 491 g/mol. The Morgan fingerprint density at radius 3 is 2.71 bits per heavy atom. The van der Waals surface area contributed by atoms with Crippen LogP contribution in [-0.2, 0) is 17.8 Å². The van der Waals surface area contributed by atoms with Crippen LogP contribution < -0.4 is 15.4 Å². The number of nitrogens with zero attached hydrogens (tertiary/aromatic N) is 2. The van der Waals surface area contributed by atoms with Crippen molar-refractivity contribution in [2.75, 3.05) is 33.4 Å². The Labute approximate surface area is 189 Å². The van der Waals surface area contributed by atoms with Gasteiger partial charge in [-0.3, -0.25) is 4.99 Å². The lowest BCUT2D eigenvalue weighted by molar-refractivity contribution is 0.126. The summed E-state index contributed by atoms with van der Waals surface area (Å²) in [5.41, 5.74) is 2.16. The Hall–Kier alpha value is -1.58. The Balaban J connectivity index is 0.00000392. The number of ether oxygens (including phenoxy) is 2. The van der Waals surface area contributed by atoms with Gasteiger partial charge in [0.25, 0.3) is 0 Å². The number of aromatic nitrogens is 1. The summed E-state index contributed by atoms with van der Waals surface area (Å²) in [7, 11) is 1.66. The molecule has 0 spiro atoms. The van der Waals surface area contributed by atoms with Gasteiger partial charge in [0.1, 0.15) is 10.9 Å². The first-order valence-electron chi connectivity index (χ1n) is 9.05. The molecule has 8 heteroatoms. The molecule has 0 amide bonds. The summed E-state index contributed by atoms with van der Waals surface area (Å²) in [5, 5.41) is 7.05. The van der Waals surface area contributed by atoms with Crippen LogP contribution in [0.15, 0.2) is 47.6 Å². The quantitative estimate of drug-likeness (QED) is 0.165. The number of para-hydroxylation sites is 1. The molecule has 6 nitrogen and oxygen atoms in total. The lowest BCUT2D eigenvalue weighted by Gasteiger charge is -2.12. The maximum atomic E-state index is 5.80. The van der Waals surface area contributed by atoms with Gasteiger partial charge in [-0.2, -0.15) is 0 Å². The molecule has 28 heavy (non-hydrogen) atoms. The van der Waals surface area contributed by atoms with Crippen molar-refractivity contribution in [2.45, 2.75) is 20.0 Å². The summed E-state index contributed by atoms with van der Waals surface area (Å²) in [6.07, 6.45) is 2.64. The molecule has 0 saturated carbocycles. The molecule has 1 aromatic heterocycles. The van der Waals surface area contributed by atoms with Crippen molar-refractivity contribution in [3.63, 3.8) is 0 Å². The van der Waals surface area contributed by atoms with E-state index in [2.05, 4.69) is 20.6 Å². The molecule has 0 aliphatic carbocycles. The van der Waals surface area contributed by atoms with E-state index in [-0.39, 0.29) is 24.0 Å². The predicted octanol–water partition coefficient (Wildman–Crippen LogP) is 3.68. The number of pyridine rings is 1. The highest BCUT2D eigenvalue weighted by molar-refractivity contribution is 14.0. The van der Waals surface area contributed by atoms with Crippen molar-refractivity contribution >= 4 is 41.5 Å². The molecule has 0 unspecified atom stereocenters. The second kappa shape index (κ2) is 14.4. The van der Waals surface area contributed by atoms with Gasteiger partial charge in [-0.25, -0.2) is 4.98 Å². The Morgan fingerprint density at radius 2 is 2.00 bits per heavy atom. The first-order valence-corrected chi connectivity index (χ1v) is 9.43. The van der Waals surface area contributed by atoms with Crippen LogP contribution in [-0.4, -0.2) is 44.3 Å². The third-order valence-corrected chi connectivity index (χ3v) is 4.02. The summed E-state index contributed by atoms with van der Waals surface area (Å²) < 4.78 is 11.0. The molecule has 2 N–H and O–H groups in total. The summed E-state index contributed by atoms with van der Waals surface area (Å²) in [5.74, 6) is 1.62. The second-order valence-electron chi connectivity index (χ2n) is 5.79. The number of guanidine groups is 1. The van der Waals surface area contributed by atoms with Crippen LogP contribution in [0.25, 0.3) is 0 Å². The largest absolute Gasteiger partial charge is 0.496 e. The first kappa shape index (κ1) is 24.5. The molecule has 0 fully saturated rings. The third kappa shape index (κ3) is 9.07. The highest BCUT2D eigenvalue weighted by Gasteiger charge is 2.02. The van der Waals surface area contributed by atoms with Gasteiger partial charge < -0.3 is 20.1 Å². The van der Waals surface area contributed by atoms with Crippen LogP contribution in [0.2, 0.25) is 5.15 Å². The fourth-order valence-electron chi connectivity index (χ4n) is 2.45. The molecule has 2 rings (SSSR count). The maximum absolute atomic E-state index is 5.80. The summed E-state index contributed by atoms with van der Waals surface area (Å²) in [6.45, 7) is 5.22. The Morgan fingerprint density at radius 1 is 1.18 bits per heavy atom. The lowest BCUT2D eigenvalue weighted by Crippen LogP contribution is -2.38. The standard InChI is InChI=1S/C20H27ClN4O2.HI/c1-3-22-20(23-11-10-16-8-9-19(21)25-14-16)24-12-13-27-15-17-6-4-5-7-18(17)26-2;/h4-9,14H,3,10-13,15H2,1-2H3,(H2,22,23,24);1H. The summed E-state index contributed by atoms with van der Waals surface area (Å²) in [4.78, 5) is 8.62. The van der Waals surface area contributed by atoms with E-state index >= 15 is 0 Å². The fourth-order valence-corrected chi connectivity index (χ4v) is 2.56. The van der Waals surface area contributed by atoms with Gasteiger partial charge in [-0.05, 0) is 31.0 Å². The van der Waals surface area contributed by atoms with Crippen LogP contribution in [0.1, 0.15) is 18.1 Å². The second-order valence-corrected chi connectivity index (χ2v) is 6.18. The molecule has 2 aromatic rings. The van der Waals surface area contributed by atoms with Crippen molar-refractivity contribution < 1.29 is 9.47 Å². The minimum atomic E-state index is 0. The van der Waals surface area contributed by atoms with E-state index in [0.29, 0.717) is 24.9 Å². The van der Waals surface area contributed by atoms with Gasteiger partial charge in [-0.15, -0.1) is 24.0 Å². The number of methoxy groups -OCH3 is 1. The highest BCUT2D eigenvalue weighted by atomic mass is 127. The van der Waals surface area contributed by atoms with Gasteiger partial charge in [0.15, 0.2) is 5.96 Å². The molecule has 1 heterocycles. The van der Waals surface area contributed by atoms with Crippen molar-refractivity contribution in [3.05, 3.63) is 58.9 Å². The molecular formula is C20H28ClIN4O2. The van der Waals surface area contributed by atoms with Gasteiger partial charge >= 0.3 is 0 Å². The summed E-state index contributed by atoms with van der Waals surface area (Å²) >= 11 is 5.80. The van der Waals surface area contributed by atoms with Crippen LogP contribution >= 0.6 is 35.6 Å². The molecule has 154 valence electrons. The zero-order chi connectivity index (χ0) is 19.3. The van der Waals surface area contributed by atoms with E-state index in [4.69, 9.17) is 21.1 Å². The SMILES string of the molecule is CCNC(=NCCOCc1ccccc1OC)NCCc1ccc(Cl)nc1.I. The van der Waals surface area contributed by atoms with E-state index in [1.54, 1.807) is 19.4 Å². The lowest BCUT2D eigenvalue weighted by atomic mass is 10.2.